The van der Waals surface area contributed by atoms with Crippen molar-refractivity contribution in [2.24, 2.45) is 0 Å². The first kappa shape index (κ1) is 24.7. The second-order valence-corrected chi connectivity index (χ2v) is 10.4. The molecule has 3 rings (SSSR count). The predicted molar refractivity (Wildman–Crippen MR) is 123 cm³/mol. The molecule has 1 N–H and O–H groups in total. The van der Waals surface area contributed by atoms with Gasteiger partial charge in [0.1, 0.15) is 11.1 Å². The monoisotopic (exact) mass is 492 g/mol. The maximum absolute atomic E-state index is 13.1. The van der Waals surface area contributed by atoms with E-state index < -0.39 is 28.0 Å². The quantitative estimate of drug-likeness (QED) is 0.580. The molecule has 0 saturated carbocycles. The maximum Gasteiger partial charge on any atom is 0.341 e. The number of sulfonamides is 1. The van der Waals surface area contributed by atoms with Crippen LogP contribution >= 0.6 is 11.3 Å². The fraction of sp³-hybridized carbons (Fsp3) is 0.381. The fourth-order valence-electron chi connectivity index (χ4n) is 3.12. The largest absolute Gasteiger partial charge is 0.449 e. The van der Waals surface area contributed by atoms with Gasteiger partial charge in [-0.15, -0.1) is 11.3 Å². The minimum Gasteiger partial charge on any atom is -0.449 e. The zero-order valence-electron chi connectivity index (χ0n) is 18.4. The molecule has 1 aromatic heterocycles. The molecule has 2 heterocycles. The van der Waals surface area contributed by atoms with E-state index in [0.717, 1.165) is 4.31 Å². The summed E-state index contributed by atoms with van der Waals surface area (Å²) in [5.41, 5.74) is 0.843. The molecule has 176 valence electrons. The first-order valence-electron chi connectivity index (χ1n) is 10.0. The summed E-state index contributed by atoms with van der Waals surface area (Å²) in [4.78, 5) is 27.4. The van der Waals surface area contributed by atoms with Crippen LogP contribution in [0.3, 0.4) is 0 Å². The van der Waals surface area contributed by atoms with Gasteiger partial charge < -0.3 is 19.7 Å². The van der Waals surface area contributed by atoms with Crippen LogP contribution in [0.2, 0.25) is 0 Å². The first-order valence-corrected chi connectivity index (χ1v) is 12.4. The van der Waals surface area contributed by atoms with Crippen molar-refractivity contribution in [1.29, 1.82) is 5.26 Å². The molecule has 2 aromatic rings. The van der Waals surface area contributed by atoms with Crippen LogP contribution in [0.5, 0.6) is 0 Å². The normalized spacial score (nSPS) is 15.1. The Morgan fingerprint density at radius 2 is 1.97 bits per heavy atom. The van der Waals surface area contributed by atoms with Gasteiger partial charge in [-0.3, -0.25) is 4.79 Å². The third kappa shape index (κ3) is 5.51. The number of morpholine rings is 1. The average molecular weight is 493 g/mol. The number of thiophene rings is 1. The van der Waals surface area contributed by atoms with Gasteiger partial charge in [0.15, 0.2) is 6.10 Å². The van der Waals surface area contributed by atoms with Crippen molar-refractivity contribution >= 4 is 43.9 Å². The summed E-state index contributed by atoms with van der Waals surface area (Å²) in [5.74, 6) is -1.44. The molecule has 0 bridgehead atoms. The molecule has 10 nitrogen and oxygen atoms in total. The summed E-state index contributed by atoms with van der Waals surface area (Å²) in [5, 5.41) is 13.7. The van der Waals surface area contributed by atoms with Crippen LogP contribution in [0, 0.1) is 11.3 Å². The van der Waals surface area contributed by atoms with Gasteiger partial charge >= 0.3 is 5.97 Å². The standard InChI is InChI=1S/C21H24N4O6S2/c1-14(19(26)23-20-15(13-22)6-11-32-20)31-21(27)17-12-16(33(28,29)24(2)3)4-5-18(17)25-7-9-30-10-8-25/h4-6,11-12,14H,7-10H2,1-3H3,(H,23,26). The lowest BCUT2D eigenvalue weighted by atomic mass is 10.1. The van der Waals surface area contributed by atoms with Gasteiger partial charge in [0.05, 0.1) is 34.9 Å². The molecule has 1 amide bonds. The Morgan fingerprint density at radius 3 is 2.61 bits per heavy atom. The minimum atomic E-state index is -3.79. The number of hydrogen-bond acceptors (Lipinski definition) is 9. The molecular formula is C21H24N4O6S2. The van der Waals surface area contributed by atoms with Crippen molar-refractivity contribution < 1.29 is 27.5 Å². The van der Waals surface area contributed by atoms with Gasteiger partial charge in [0.2, 0.25) is 10.0 Å². The Kier molecular flexibility index (Phi) is 7.70. The minimum absolute atomic E-state index is 0.0355. The Balaban J connectivity index is 1.87. The topological polar surface area (TPSA) is 129 Å². The molecule has 1 fully saturated rings. The summed E-state index contributed by atoms with van der Waals surface area (Å²) < 4.78 is 37.0. The van der Waals surface area contributed by atoms with Crippen molar-refractivity contribution in [2.45, 2.75) is 17.9 Å². The van der Waals surface area contributed by atoms with Gasteiger partial charge in [0.25, 0.3) is 5.91 Å². The summed E-state index contributed by atoms with van der Waals surface area (Å²) in [7, 11) is -0.996. The molecule has 1 unspecified atom stereocenters. The van der Waals surface area contributed by atoms with Crippen molar-refractivity contribution in [1.82, 2.24) is 4.31 Å². The van der Waals surface area contributed by atoms with Gasteiger partial charge in [0, 0.05) is 27.2 Å². The maximum atomic E-state index is 13.1. The number of nitrogens with one attached hydrogen (secondary N) is 1. The van der Waals surface area contributed by atoms with Crippen molar-refractivity contribution in [3.63, 3.8) is 0 Å². The van der Waals surface area contributed by atoms with E-state index in [0.29, 0.717) is 42.6 Å². The number of amides is 1. The Labute approximate surface area is 196 Å². The molecule has 1 aromatic carbocycles. The number of anilines is 2. The highest BCUT2D eigenvalue weighted by Crippen LogP contribution is 2.28. The molecule has 0 radical (unpaired) electrons. The van der Waals surface area contributed by atoms with E-state index in [9.17, 15) is 18.0 Å². The third-order valence-electron chi connectivity index (χ3n) is 4.99. The zero-order chi connectivity index (χ0) is 24.2. The number of hydrogen-bond donors (Lipinski definition) is 1. The number of carbonyl (C=O) groups excluding carboxylic acids is 2. The Hall–Kier alpha value is -2.98. The first-order chi connectivity index (χ1) is 15.6. The number of ether oxygens (including phenoxy) is 2. The van der Waals surface area contributed by atoms with E-state index in [2.05, 4.69) is 5.32 Å². The lowest BCUT2D eigenvalue weighted by molar-refractivity contribution is -0.123. The van der Waals surface area contributed by atoms with Crippen LogP contribution in [0.1, 0.15) is 22.8 Å². The molecule has 12 heteroatoms. The number of rotatable bonds is 7. The van der Waals surface area contributed by atoms with Crippen molar-refractivity contribution in [3.8, 4) is 6.07 Å². The third-order valence-corrected chi connectivity index (χ3v) is 7.63. The predicted octanol–water partition coefficient (Wildman–Crippen LogP) is 1.89. The Morgan fingerprint density at radius 1 is 1.27 bits per heavy atom. The summed E-state index contributed by atoms with van der Waals surface area (Å²) in [6.45, 7) is 3.37. The molecule has 1 saturated heterocycles. The molecule has 0 aliphatic carbocycles. The molecule has 1 aliphatic heterocycles. The lowest BCUT2D eigenvalue weighted by Gasteiger charge is -2.30. The van der Waals surface area contributed by atoms with E-state index in [1.54, 1.807) is 17.5 Å². The number of nitriles is 1. The summed E-state index contributed by atoms with van der Waals surface area (Å²) in [6.07, 6.45) is -1.18. The van der Waals surface area contributed by atoms with Crippen LogP contribution in [0.4, 0.5) is 10.7 Å². The van der Waals surface area contributed by atoms with E-state index in [1.807, 2.05) is 11.0 Å². The average Bonchev–Trinajstić information content (AvgIpc) is 3.26. The summed E-state index contributed by atoms with van der Waals surface area (Å²) >= 11 is 1.18. The van der Waals surface area contributed by atoms with Gasteiger partial charge in [-0.2, -0.15) is 5.26 Å². The van der Waals surface area contributed by atoms with E-state index >= 15 is 0 Å². The van der Waals surface area contributed by atoms with Crippen LogP contribution in [-0.4, -0.2) is 71.1 Å². The van der Waals surface area contributed by atoms with Crippen LogP contribution in [0.15, 0.2) is 34.5 Å². The van der Waals surface area contributed by atoms with Crippen molar-refractivity contribution in [3.05, 3.63) is 40.8 Å². The van der Waals surface area contributed by atoms with Gasteiger partial charge in [-0.25, -0.2) is 17.5 Å². The smallest absolute Gasteiger partial charge is 0.341 e. The van der Waals surface area contributed by atoms with Crippen molar-refractivity contribution in [2.75, 3.05) is 50.6 Å². The van der Waals surface area contributed by atoms with Crippen LogP contribution in [-0.2, 0) is 24.3 Å². The van der Waals surface area contributed by atoms with E-state index in [4.69, 9.17) is 14.7 Å². The highest BCUT2D eigenvalue weighted by molar-refractivity contribution is 7.89. The van der Waals surface area contributed by atoms with Gasteiger partial charge in [-0.1, -0.05) is 0 Å². The van der Waals surface area contributed by atoms with E-state index in [1.165, 1.54) is 44.5 Å². The molecule has 1 atom stereocenters. The SMILES string of the molecule is CC(OC(=O)c1cc(S(=O)(=O)N(C)C)ccc1N1CCOCC1)C(=O)Nc1sccc1C#N. The number of carbonyl (C=O) groups is 2. The Bertz CT molecular complexity index is 1180. The zero-order valence-corrected chi connectivity index (χ0v) is 20.0. The lowest BCUT2D eigenvalue weighted by Crippen LogP contribution is -2.37. The number of benzene rings is 1. The second kappa shape index (κ2) is 10.3. The summed E-state index contributed by atoms with van der Waals surface area (Å²) in [6, 6.07) is 7.81. The second-order valence-electron chi connectivity index (χ2n) is 7.38. The van der Waals surface area contributed by atoms with Gasteiger partial charge in [-0.05, 0) is 36.6 Å². The number of nitrogens with zero attached hydrogens (tertiary/aromatic N) is 3. The molecule has 1 aliphatic rings. The molecule has 33 heavy (non-hydrogen) atoms. The van der Waals surface area contributed by atoms with Crippen LogP contribution < -0.4 is 10.2 Å². The fourth-order valence-corrected chi connectivity index (χ4v) is 4.78. The number of esters is 1. The van der Waals surface area contributed by atoms with E-state index in [-0.39, 0.29) is 10.5 Å². The van der Waals surface area contributed by atoms with Crippen LogP contribution in [0.25, 0.3) is 0 Å². The highest BCUT2D eigenvalue weighted by atomic mass is 32.2. The highest BCUT2D eigenvalue weighted by Gasteiger charge is 2.27. The molecule has 0 spiro atoms. The molecular weight excluding hydrogens is 468 g/mol.